The summed E-state index contributed by atoms with van der Waals surface area (Å²) in [6, 6.07) is 23.2. The molecule has 0 fully saturated rings. The van der Waals surface area contributed by atoms with E-state index in [1.54, 1.807) is 19.3 Å². The highest BCUT2D eigenvalue weighted by atomic mass is 32.1. The van der Waals surface area contributed by atoms with E-state index >= 15 is 0 Å². The number of nitrogens with zero attached hydrogens (tertiary/aromatic N) is 2. The summed E-state index contributed by atoms with van der Waals surface area (Å²) < 4.78 is 6.13. The summed E-state index contributed by atoms with van der Waals surface area (Å²) in [5, 5.41) is 11.2. The van der Waals surface area contributed by atoms with Gasteiger partial charge in [-0.15, -0.1) is 0 Å². The molecule has 34 heavy (non-hydrogen) atoms. The van der Waals surface area contributed by atoms with E-state index in [4.69, 9.17) is 4.74 Å². The highest BCUT2D eigenvalue weighted by Gasteiger charge is 2.45. The summed E-state index contributed by atoms with van der Waals surface area (Å²) in [6.07, 6.45) is 3.05. The maximum Gasteiger partial charge on any atom is 0.296 e. The summed E-state index contributed by atoms with van der Waals surface area (Å²) in [4.78, 5) is 32.5. The van der Waals surface area contributed by atoms with Gasteiger partial charge in [0.05, 0.1) is 28.9 Å². The topological polar surface area (TPSA) is 79.7 Å². The van der Waals surface area contributed by atoms with Gasteiger partial charge in [0.25, 0.3) is 5.91 Å². The molecule has 1 aliphatic heterocycles. The number of ketones is 1. The van der Waals surface area contributed by atoms with Crippen LogP contribution in [0.15, 0.2) is 96.3 Å². The second-order valence-corrected chi connectivity index (χ2v) is 8.70. The van der Waals surface area contributed by atoms with Crippen LogP contribution in [0.3, 0.4) is 0 Å². The Morgan fingerprint density at radius 1 is 1.06 bits per heavy atom. The first-order valence-electron chi connectivity index (χ1n) is 10.6. The maximum atomic E-state index is 13.3. The fourth-order valence-corrected chi connectivity index (χ4v) is 4.97. The number of carbonyl (C=O) groups is 2. The van der Waals surface area contributed by atoms with Crippen molar-refractivity contribution in [3.8, 4) is 5.75 Å². The molecule has 168 valence electrons. The molecular formula is C27H20N2O4S. The van der Waals surface area contributed by atoms with Gasteiger partial charge in [0.2, 0.25) is 0 Å². The fourth-order valence-electron chi connectivity index (χ4n) is 3.95. The minimum absolute atomic E-state index is 0.0280. The van der Waals surface area contributed by atoms with Crippen molar-refractivity contribution in [2.45, 2.75) is 6.04 Å². The fraction of sp³-hybridized carbons (Fsp3) is 0.0741. The Labute approximate surface area is 200 Å². The largest absolute Gasteiger partial charge is 0.503 e. The molecule has 5 rings (SSSR count). The third kappa shape index (κ3) is 3.86. The Balaban J connectivity index is 1.59. The number of thiazole rings is 1. The van der Waals surface area contributed by atoms with Crippen LogP contribution in [0.5, 0.6) is 5.75 Å². The molecule has 7 heteroatoms. The zero-order valence-corrected chi connectivity index (χ0v) is 19.0. The van der Waals surface area contributed by atoms with E-state index in [-0.39, 0.29) is 5.57 Å². The molecule has 1 amide bonds. The van der Waals surface area contributed by atoms with Crippen LogP contribution in [0.25, 0.3) is 16.3 Å². The molecule has 4 aromatic rings. The van der Waals surface area contributed by atoms with E-state index < -0.39 is 23.5 Å². The number of methoxy groups -OCH3 is 1. The highest BCUT2D eigenvalue weighted by molar-refractivity contribution is 7.22. The summed E-state index contributed by atoms with van der Waals surface area (Å²) in [7, 11) is 1.58. The first-order valence-corrected chi connectivity index (χ1v) is 11.4. The van der Waals surface area contributed by atoms with Gasteiger partial charge in [-0.2, -0.15) is 0 Å². The van der Waals surface area contributed by atoms with E-state index in [9.17, 15) is 14.7 Å². The number of fused-ring (bicyclic) bond motifs is 1. The molecule has 0 saturated carbocycles. The van der Waals surface area contributed by atoms with Crippen molar-refractivity contribution in [1.82, 2.24) is 4.98 Å². The van der Waals surface area contributed by atoms with E-state index in [0.717, 1.165) is 10.3 Å². The normalized spacial score (nSPS) is 16.1. The Morgan fingerprint density at radius 2 is 1.76 bits per heavy atom. The Bertz CT molecular complexity index is 1440. The molecule has 6 nitrogen and oxygen atoms in total. The van der Waals surface area contributed by atoms with E-state index in [1.807, 2.05) is 72.8 Å². The average molecular weight is 469 g/mol. The number of aliphatic hydroxyl groups is 1. The second-order valence-electron chi connectivity index (χ2n) is 7.69. The molecule has 0 radical (unpaired) electrons. The molecule has 1 atom stereocenters. The highest BCUT2D eigenvalue weighted by Crippen LogP contribution is 2.43. The van der Waals surface area contributed by atoms with E-state index in [0.29, 0.717) is 22.0 Å². The van der Waals surface area contributed by atoms with Crippen LogP contribution in [0, 0.1) is 0 Å². The number of aromatic nitrogens is 1. The Kier molecular flexibility index (Phi) is 5.69. The molecule has 0 aliphatic carbocycles. The molecule has 0 saturated heterocycles. The third-order valence-corrected chi connectivity index (χ3v) is 6.62. The molecule has 1 N–H and O–H groups in total. The van der Waals surface area contributed by atoms with Crippen LogP contribution in [0.4, 0.5) is 5.13 Å². The lowest BCUT2D eigenvalue weighted by atomic mass is 9.96. The van der Waals surface area contributed by atoms with E-state index in [2.05, 4.69) is 4.98 Å². The monoisotopic (exact) mass is 468 g/mol. The van der Waals surface area contributed by atoms with Crippen LogP contribution in [-0.4, -0.2) is 28.9 Å². The lowest BCUT2D eigenvalue weighted by Crippen LogP contribution is -2.30. The van der Waals surface area contributed by atoms with Gasteiger partial charge in [0.1, 0.15) is 5.75 Å². The number of benzene rings is 3. The minimum atomic E-state index is -0.802. The Hall–Kier alpha value is -4.23. The molecule has 2 heterocycles. The van der Waals surface area contributed by atoms with Crippen LogP contribution in [0.1, 0.15) is 17.2 Å². The smallest absolute Gasteiger partial charge is 0.296 e. The van der Waals surface area contributed by atoms with Gasteiger partial charge in [0, 0.05) is 0 Å². The van der Waals surface area contributed by atoms with Crippen molar-refractivity contribution in [3.63, 3.8) is 0 Å². The predicted molar refractivity (Wildman–Crippen MR) is 133 cm³/mol. The van der Waals surface area contributed by atoms with Gasteiger partial charge in [-0.05, 0) is 35.4 Å². The second kappa shape index (κ2) is 8.96. The molecule has 1 unspecified atom stereocenters. The number of carbonyl (C=O) groups excluding carboxylic acids is 2. The first kappa shape index (κ1) is 21.6. The minimum Gasteiger partial charge on any atom is -0.503 e. The average Bonchev–Trinajstić information content (AvgIpc) is 3.41. The van der Waals surface area contributed by atoms with E-state index in [1.165, 1.54) is 22.3 Å². The van der Waals surface area contributed by atoms with Gasteiger partial charge >= 0.3 is 0 Å². The summed E-state index contributed by atoms with van der Waals surface area (Å²) in [6.45, 7) is 0. The molecule has 0 spiro atoms. The molecule has 1 aromatic heterocycles. The lowest BCUT2D eigenvalue weighted by Gasteiger charge is -2.24. The number of anilines is 1. The molecule has 3 aromatic carbocycles. The molecule has 1 aliphatic rings. The number of allylic oxidation sites excluding steroid dienone is 1. The van der Waals surface area contributed by atoms with Crippen molar-refractivity contribution < 1.29 is 19.4 Å². The number of aliphatic hydroxyl groups excluding tert-OH is 1. The van der Waals surface area contributed by atoms with Crippen molar-refractivity contribution >= 4 is 44.5 Å². The van der Waals surface area contributed by atoms with Gasteiger partial charge in [0.15, 0.2) is 16.7 Å². The number of amides is 1. The first-order chi connectivity index (χ1) is 16.6. The van der Waals surface area contributed by atoms with Crippen LogP contribution >= 0.6 is 11.3 Å². The summed E-state index contributed by atoms with van der Waals surface area (Å²) in [5.41, 5.74) is 2.27. The number of rotatable bonds is 6. The Morgan fingerprint density at radius 3 is 2.47 bits per heavy atom. The van der Waals surface area contributed by atoms with Gasteiger partial charge < -0.3 is 9.84 Å². The van der Waals surface area contributed by atoms with Crippen molar-refractivity contribution in [2.75, 3.05) is 12.0 Å². The number of hydrogen-bond donors (Lipinski definition) is 1. The standard InChI is InChI=1S/C27H20N2O4S/c1-33-19-13-14-20-22(16-19)34-27(28-20)29-24(18-10-6-3-7-11-18)23(25(31)26(29)32)21(30)15-12-17-8-4-2-5-9-17/h2-16,24,31H,1H3. The summed E-state index contributed by atoms with van der Waals surface area (Å²) >= 11 is 1.30. The lowest BCUT2D eigenvalue weighted by molar-refractivity contribution is -0.117. The van der Waals surface area contributed by atoms with Gasteiger partial charge in [-0.3, -0.25) is 14.5 Å². The number of hydrogen-bond acceptors (Lipinski definition) is 6. The molecule has 0 bridgehead atoms. The zero-order valence-electron chi connectivity index (χ0n) is 18.2. The van der Waals surface area contributed by atoms with Crippen molar-refractivity contribution in [3.05, 3.63) is 107 Å². The van der Waals surface area contributed by atoms with Crippen LogP contribution < -0.4 is 9.64 Å². The zero-order chi connectivity index (χ0) is 23.7. The maximum absolute atomic E-state index is 13.3. The quantitative estimate of drug-likeness (QED) is 0.379. The van der Waals surface area contributed by atoms with Crippen LogP contribution in [0.2, 0.25) is 0 Å². The van der Waals surface area contributed by atoms with Crippen molar-refractivity contribution in [1.29, 1.82) is 0 Å². The summed E-state index contributed by atoms with van der Waals surface area (Å²) in [5.74, 6) is -0.975. The molecular weight excluding hydrogens is 448 g/mol. The van der Waals surface area contributed by atoms with Gasteiger partial charge in [-0.1, -0.05) is 78.1 Å². The third-order valence-electron chi connectivity index (χ3n) is 5.61. The SMILES string of the molecule is COc1ccc2nc(N3C(=O)C(O)=C(C(=O)C=Cc4ccccc4)C3c3ccccc3)sc2c1. The number of ether oxygens (including phenoxy) is 1. The van der Waals surface area contributed by atoms with Gasteiger partial charge in [-0.25, -0.2) is 4.98 Å². The predicted octanol–water partition coefficient (Wildman–Crippen LogP) is 5.49. The van der Waals surface area contributed by atoms with Crippen molar-refractivity contribution in [2.24, 2.45) is 0 Å². The van der Waals surface area contributed by atoms with Crippen LogP contribution in [-0.2, 0) is 9.59 Å².